The Kier molecular flexibility index (Phi) is 5.68. The van der Waals surface area contributed by atoms with Crippen molar-refractivity contribution in [1.82, 2.24) is 9.97 Å². The Labute approximate surface area is 183 Å². The zero-order valence-corrected chi connectivity index (χ0v) is 17.7. The Morgan fingerprint density at radius 2 is 1.94 bits per heavy atom. The van der Waals surface area contributed by atoms with Crippen LogP contribution in [-0.2, 0) is 14.8 Å². The topological polar surface area (TPSA) is 141 Å². The standard InChI is InChI=1S/C21H21F2N5O3S/c22-15-5-7-17(28-32(30,31)14-3-1-2-12(9-14)20(24)29)19(23)18(15)11-4-6-16-13(8-11)10-26-21(25)27-16/h4-8,10,12,14,28H,1-3,9H2,(H2,24,29)(H2,25,26,27). The lowest BCUT2D eigenvalue weighted by molar-refractivity contribution is -0.122. The number of rotatable bonds is 5. The summed E-state index contributed by atoms with van der Waals surface area (Å²) in [5, 5.41) is -0.383. The molecule has 2 aromatic carbocycles. The highest BCUT2D eigenvalue weighted by molar-refractivity contribution is 7.93. The summed E-state index contributed by atoms with van der Waals surface area (Å²) in [6.45, 7) is 0. The minimum absolute atomic E-state index is 0.0636. The Morgan fingerprint density at radius 1 is 1.16 bits per heavy atom. The van der Waals surface area contributed by atoms with Crippen LogP contribution < -0.4 is 16.2 Å². The predicted octanol–water partition coefficient (Wildman–Crippen LogP) is 2.94. The van der Waals surface area contributed by atoms with Crippen molar-refractivity contribution in [2.75, 3.05) is 10.5 Å². The number of carbonyl (C=O) groups is 1. The van der Waals surface area contributed by atoms with Crippen molar-refractivity contribution in [2.24, 2.45) is 11.7 Å². The molecule has 1 aromatic heterocycles. The fourth-order valence-electron chi connectivity index (χ4n) is 4.02. The molecule has 2 unspecified atom stereocenters. The average Bonchev–Trinajstić information content (AvgIpc) is 2.76. The number of amides is 1. The van der Waals surface area contributed by atoms with Crippen molar-refractivity contribution in [1.29, 1.82) is 0 Å². The van der Waals surface area contributed by atoms with Crippen LogP contribution >= 0.6 is 0 Å². The molecule has 0 spiro atoms. The molecular weight excluding hydrogens is 440 g/mol. The zero-order valence-electron chi connectivity index (χ0n) is 16.9. The Bertz CT molecular complexity index is 1320. The summed E-state index contributed by atoms with van der Waals surface area (Å²) < 4.78 is 57.8. The number of nitrogens with zero attached hydrogens (tertiary/aromatic N) is 2. The Balaban J connectivity index is 1.68. The van der Waals surface area contributed by atoms with E-state index in [0.29, 0.717) is 30.2 Å². The highest BCUT2D eigenvalue weighted by atomic mass is 32.2. The molecule has 3 aromatic rings. The Hall–Kier alpha value is -3.34. The van der Waals surface area contributed by atoms with Crippen molar-refractivity contribution in [3.8, 4) is 11.1 Å². The predicted molar refractivity (Wildman–Crippen MR) is 117 cm³/mol. The van der Waals surface area contributed by atoms with Crippen molar-refractivity contribution in [3.05, 3.63) is 48.2 Å². The highest BCUT2D eigenvalue weighted by Crippen LogP contribution is 2.34. The van der Waals surface area contributed by atoms with Crippen LogP contribution in [0, 0.1) is 17.6 Å². The molecule has 1 aliphatic rings. The maximum Gasteiger partial charge on any atom is 0.235 e. The number of nitrogens with two attached hydrogens (primary N) is 2. The van der Waals surface area contributed by atoms with E-state index in [0.717, 1.165) is 12.1 Å². The maximum absolute atomic E-state index is 15.3. The SMILES string of the molecule is NC(=O)C1CCCC(S(=O)(=O)Nc2ccc(F)c(-c3ccc4nc(N)ncc4c3)c2F)C1. The third-order valence-corrected chi connectivity index (χ3v) is 7.51. The van der Waals surface area contributed by atoms with Crippen molar-refractivity contribution in [2.45, 2.75) is 30.9 Å². The van der Waals surface area contributed by atoms with Crippen LogP contribution in [0.5, 0.6) is 0 Å². The lowest BCUT2D eigenvalue weighted by Crippen LogP contribution is -2.37. The number of anilines is 2. The number of primary amides is 1. The first-order valence-corrected chi connectivity index (χ1v) is 11.5. The van der Waals surface area contributed by atoms with Gasteiger partial charge in [0.15, 0.2) is 5.82 Å². The lowest BCUT2D eigenvalue weighted by atomic mass is 9.88. The lowest BCUT2D eigenvalue weighted by Gasteiger charge is -2.27. The average molecular weight is 461 g/mol. The quantitative estimate of drug-likeness (QED) is 0.533. The van der Waals surface area contributed by atoms with Crippen LogP contribution in [0.3, 0.4) is 0 Å². The third-order valence-electron chi connectivity index (χ3n) is 5.70. The third kappa shape index (κ3) is 4.20. The first kappa shape index (κ1) is 21.9. The minimum Gasteiger partial charge on any atom is -0.369 e. The molecule has 8 nitrogen and oxygen atoms in total. The molecule has 1 amide bonds. The number of aromatic nitrogens is 2. The number of nitrogen functional groups attached to an aromatic ring is 1. The molecule has 1 fully saturated rings. The van der Waals surface area contributed by atoms with E-state index in [1.165, 1.54) is 18.3 Å². The smallest absolute Gasteiger partial charge is 0.235 e. The molecule has 0 radical (unpaired) electrons. The molecule has 5 N–H and O–H groups in total. The molecule has 32 heavy (non-hydrogen) atoms. The van der Waals surface area contributed by atoms with Gasteiger partial charge in [-0.2, -0.15) is 0 Å². The largest absolute Gasteiger partial charge is 0.369 e. The second kappa shape index (κ2) is 8.30. The number of halogens is 2. The summed E-state index contributed by atoms with van der Waals surface area (Å²) >= 11 is 0. The van der Waals surface area contributed by atoms with Gasteiger partial charge in [-0.1, -0.05) is 12.5 Å². The molecule has 168 valence electrons. The van der Waals surface area contributed by atoms with E-state index in [4.69, 9.17) is 11.5 Å². The molecular formula is C21H21F2N5O3S. The summed E-state index contributed by atoms with van der Waals surface area (Å²) in [6, 6.07) is 6.53. The number of benzene rings is 2. The summed E-state index contributed by atoms with van der Waals surface area (Å²) in [4.78, 5) is 19.4. The molecule has 1 saturated carbocycles. The highest BCUT2D eigenvalue weighted by Gasteiger charge is 2.34. The van der Waals surface area contributed by atoms with Crippen LogP contribution in [0.2, 0.25) is 0 Å². The summed E-state index contributed by atoms with van der Waals surface area (Å²) in [5.74, 6) is -2.94. The molecule has 4 rings (SSSR count). The fourth-order valence-corrected chi connectivity index (χ4v) is 5.61. The minimum atomic E-state index is -4.03. The van der Waals surface area contributed by atoms with E-state index >= 15 is 4.39 Å². The molecule has 2 atom stereocenters. The van der Waals surface area contributed by atoms with Gasteiger partial charge in [0.1, 0.15) is 5.82 Å². The van der Waals surface area contributed by atoms with Gasteiger partial charge < -0.3 is 11.5 Å². The van der Waals surface area contributed by atoms with Crippen LogP contribution in [0.25, 0.3) is 22.0 Å². The van der Waals surface area contributed by atoms with Crippen LogP contribution in [-0.4, -0.2) is 29.5 Å². The van der Waals surface area contributed by atoms with Gasteiger partial charge in [0.25, 0.3) is 0 Å². The molecule has 1 aliphatic carbocycles. The van der Waals surface area contributed by atoms with Gasteiger partial charge in [-0.15, -0.1) is 0 Å². The number of sulfonamides is 1. The number of fused-ring (bicyclic) bond motifs is 1. The van der Waals surface area contributed by atoms with Gasteiger partial charge >= 0.3 is 0 Å². The van der Waals surface area contributed by atoms with Gasteiger partial charge in [0, 0.05) is 17.5 Å². The van der Waals surface area contributed by atoms with E-state index in [1.807, 2.05) is 0 Å². The van der Waals surface area contributed by atoms with Crippen LogP contribution in [0.4, 0.5) is 20.4 Å². The van der Waals surface area contributed by atoms with E-state index in [9.17, 15) is 17.6 Å². The van der Waals surface area contributed by atoms with E-state index in [-0.39, 0.29) is 29.2 Å². The van der Waals surface area contributed by atoms with Gasteiger partial charge in [-0.3, -0.25) is 9.52 Å². The van der Waals surface area contributed by atoms with Crippen LogP contribution in [0.15, 0.2) is 36.5 Å². The summed E-state index contributed by atoms with van der Waals surface area (Å²) in [5.41, 5.74) is 10.8. The van der Waals surface area contributed by atoms with Crippen molar-refractivity contribution >= 4 is 38.5 Å². The van der Waals surface area contributed by atoms with E-state index in [2.05, 4.69) is 14.7 Å². The number of carbonyl (C=O) groups excluding carboxylic acids is 1. The Morgan fingerprint density at radius 3 is 2.69 bits per heavy atom. The second-order valence-electron chi connectivity index (χ2n) is 7.82. The number of hydrogen-bond donors (Lipinski definition) is 3. The molecule has 1 heterocycles. The van der Waals surface area contributed by atoms with Gasteiger partial charge in [0.05, 0.1) is 22.0 Å². The monoisotopic (exact) mass is 461 g/mol. The van der Waals surface area contributed by atoms with E-state index < -0.39 is 38.7 Å². The second-order valence-corrected chi connectivity index (χ2v) is 9.78. The first-order valence-electron chi connectivity index (χ1n) is 9.97. The van der Waals surface area contributed by atoms with E-state index in [1.54, 1.807) is 6.07 Å². The number of hydrogen-bond acceptors (Lipinski definition) is 6. The molecule has 0 aliphatic heterocycles. The van der Waals surface area contributed by atoms with Gasteiger partial charge in [-0.25, -0.2) is 27.2 Å². The van der Waals surface area contributed by atoms with Gasteiger partial charge in [0.2, 0.25) is 21.9 Å². The molecule has 0 saturated heterocycles. The fraction of sp³-hybridized carbons (Fsp3) is 0.286. The first-order chi connectivity index (χ1) is 15.2. The number of nitrogens with one attached hydrogen (secondary N) is 1. The van der Waals surface area contributed by atoms with Crippen molar-refractivity contribution in [3.63, 3.8) is 0 Å². The zero-order chi connectivity index (χ0) is 23.0. The molecule has 0 bridgehead atoms. The normalized spacial score (nSPS) is 19.1. The van der Waals surface area contributed by atoms with Gasteiger partial charge in [-0.05, 0) is 49.1 Å². The van der Waals surface area contributed by atoms with Crippen molar-refractivity contribution < 1.29 is 22.0 Å². The molecule has 11 heteroatoms. The maximum atomic E-state index is 15.3. The summed E-state index contributed by atoms with van der Waals surface area (Å²) in [7, 11) is -4.03. The summed E-state index contributed by atoms with van der Waals surface area (Å²) in [6.07, 6.45) is 2.85. The van der Waals surface area contributed by atoms with Crippen LogP contribution in [0.1, 0.15) is 25.7 Å².